The fourth-order valence-corrected chi connectivity index (χ4v) is 4.26. The molecule has 0 aliphatic carbocycles. The molecule has 0 spiro atoms. The average Bonchev–Trinajstić information content (AvgIpc) is 3.04. The van der Waals surface area contributed by atoms with Crippen molar-refractivity contribution >= 4 is 17.4 Å². The first-order valence-electron chi connectivity index (χ1n) is 10.8. The van der Waals surface area contributed by atoms with Crippen LogP contribution in [-0.2, 0) is 14.3 Å². The number of ether oxygens (including phenoxy) is 1. The Morgan fingerprint density at radius 2 is 1.58 bits per heavy atom. The van der Waals surface area contributed by atoms with Gasteiger partial charge in [-0.2, -0.15) is 0 Å². The molecular weight excluding hydrogens is 392 g/mol. The summed E-state index contributed by atoms with van der Waals surface area (Å²) >= 11 is 0. The Kier molecular flexibility index (Phi) is 6.20. The van der Waals surface area contributed by atoms with Gasteiger partial charge in [0.15, 0.2) is 0 Å². The van der Waals surface area contributed by atoms with E-state index >= 15 is 0 Å². The van der Waals surface area contributed by atoms with Crippen LogP contribution in [0.2, 0.25) is 0 Å². The largest absolute Gasteiger partial charge is 0.507 e. The number of aliphatic hydroxyl groups is 1. The molecule has 2 aliphatic rings. The van der Waals surface area contributed by atoms with E-state index in [1.807, 2.05) is 50.2 Å². The molecular formula is C25H29N2O4+. The maximum Gasteiger partial charge on any atom is 0.295 e. The van der Waals surface area contributed by atoms with Gasteiger partial charge in [0.2, 0.25) is 0 Å². The second-order valence-electron chi connectivity index (χ2n) is 8.38. The summed E-state index contributed by atoms with van der Waals surface area (Å²) < 4.78 is 5.42. The zero-order valence-corrected chi connectivity index (χ0v) is 18.1. The molecule has 0 aromatic heterocycles. The Labute approximate surface area is 182 Å². The Bertz CT molecular complexity index is 989. The molecule has 2 aliphatic heterocycles. The van der Waals surface area contributed by atoms with E-state index in [-0.39, 0.29) is 11.3 Å². The number of morpholine rings is 1. The Morgan fingerprint density at radius 3 is 2.19 bits per heavy atom. The van der Waals surface area contributed by atoms with Gasteiger partial charge < -0.3 is 19.6 Å². The first kappa shape index (κ1) is 21.3. The highest BCUT2D eigenvalue weighted by atomic mass is 16.5. The van der Waals surface area contributed by atoms with Crippen LogP contribution in [0.4, 0.5) is 0 Å². The molecule has 6 heteroatoms. The smallest absolute Gasteiger partial charge is 0.295 e. The predicted molar refractivity (Wildman–Crippen MR) is 118 cm³/mol. The summed E-state index contributed by atoms with van der Waals surface area (Å²) in [6.07, 6.45) is 0. The van der Waals surface area contributed by atoms with Crippen molar-refractivity contribution in [2.75, 3.05) is 39.4 Å². The summed E-state index contributed by atoms with van der Waals surface area (Å²) in [6.45, 7) is 8.35. The van der Waals surface area contributed by atoms with Crippen LogP contribution in [-0.4, -0.2) is 61.1 Å². The molecule has 2 N–H and O–H groups in total. The van der Waals surface area contributed by atoms with Gasteiger partial charge in [-0.3, -0.25) is 9.59 Å². The third kappa shape index (κ3) is 4.40. The van der Waals surface area contributed by atoms with E-state index in [9.17, 15) is 14.7 Å². The minimum atomic E-state index is -0.624. The fourth-order valence-electron chi connectivity index (χ4n) is 4.26. The van der Waals surface area contributed by atoms with Crippen molar-refractivity contribution in [3.63, 3.8) is 0 Å². The highest BCUT2D eigenvalue weighted by Crippen LogP contribution is 2.39. The predicted octanol–water partition coefficient (Wildman–Crippen LogP) is 1.64. The summed E-state index contributed by atoms with van der Waals surface area (Å²) in [7, 11) is 0. The Morgan fingerprint density at radius 1 is 1.00 bits per heavy atom. The van der Waals surface area contributed by atoms with Crippen molar-refractivity contribution in [1.82, 2.24) is 4.90 Å². The normalized spacial score (nSPS) is 21.6. The van der Waals surface area contributed by atoms with Gasteiger partial charge >= 0.3 is 0 Å². The molecule has 2 aromatic rings. The Hall–Kier alpha value is -2.96. The molecule has 4 rings (SSSR count). The number of nitrogens with zero attached hydrogens (tertiary/aromatic N) is 1. The molecule has 0 saturated carbocycles. The molecule has 2 fully saturated rings. The monoisotopic (exact) mass is 421 g/mol. The number of aryl methyl sites for hydroxylation is 2. The van der Waals surface area contributed by atoms with Crippen LogP contribution in [0.25, 0.3) is 5.76 Å². The molecule has 0 radical (unpaired) electrons. The van der Waals surface area contributed by atoms with Gasteiger partial charge in [-0.15, -0.1) is 0 Å². The standard InChI is InChI=1S/C25H28N2O4/c1-17-3-7-19(8-4-17)22-21(23(28)20-9-5-18(2)6-10-20)24(29)25(30)27(22)12-11-26-13-15-31-16-14-26/h3-10,22,28H,11-16H2,1-2H3/p+1/t22-/m1/s1. The zero-order valence-electron chi connectivity index (χ0n) is 18.1. The lowest BCUT2D eigenvalue weighted by molar-refractivity contribution is -0.907. The number of amides is 1. The number of carbonyl (C=O) groups excluding carboxylic acids is 2. The summed E-state index contributed by atoms with van der Waals surface area (Å²) in [5.74, 6) is -1.29. The molecule has 162 valence electrons. The highest BCUT2D eigenvalue weighted by Gasteiger charge is 2.46. The van der Waals surface area contributed by atoms with E-state index in [0.717, 1.165) is 36.3 Å². The second kappa shape index (κ2) is 9.04. The van der Waals surface area contributed by atoms with Crippen molar-refractivity contribution in [1.29, 1.82) is 0 Å². The second-order valence-corrected chi connectivity index (χ2v) is 8.38. The van der Waals surface area contributed by atoms with Crippen LogP contribution in [0.5, 0.6) is 0 Å². The van der Waals surface area contributed by atoms with E-state index in [1.165, 1.54) is 4.90 Å². The van der Waals surface area contributed by atoms with Crippen molar-refractivity contribution in [2.24, 2.45) is 0 Å². The molecule has 2 saturated heterocycles. The highest BCUT2D eigenvalue weighted by molar-refractivity contribution is 6.46. The third-order valence-electron chi connectivity index (χ3n) is 6.16. The first-order chi connectivity index (χ1) is 15.0. The third-order valence-corrected chi connectivity index (χ3v) is 6.16. The Balaban J connectivity index is 1.72. The zero-order chi connectivity index (χ0) is 22.0. The van der Waals surface area contributed by atoms with Crippen molar-refractivity contribution in [3.8, 4) is 0 Å². The van der Waals surface area contributed by atoms with Crippen LogP contribution < -0.4 is 4.90 Å². The van der Waals surface area contributed by atoms with E-state index < -0.39 is 17.7 Å². The summed E-state index contributed by atoms with van der Waals surface area (Å²) in [4.78, 5) is 29.1. The number of hydrogen-bond donors (Lipinski definition) is 2. The van der Waals surface area contributed by atoms with Gasteiger partial charge in [-0.05, 0) is 19.4 Å². The van der Waals surface area contributed by atoms with Gasteiger partial charge in [-0.25, -0.2) is 0 Å². The van der Waals surface area contributed by atoms with Crippen LogP contribution in [0, 0.1) is 13.8 Å². The van der Waals surface area contributed by atoms with Gasteiger partial charge in [-0.1, -0.05) is 59.7 Å². The fraction of sp³-hybridized carbons (Fsp3) is 0.360. The van der Waals surface area contributed by atoms with Crippen molar-refractivity contribution in [3.05, 3.63) is 76.4 Å². The summed E-state index contributed by atoms with van der Waals surface area (Å²) in [6, 6.07) is 14.5. The molecule has 31 heavy (non-hydrogen) atoms. The lowest BCUT2D eigenvalue weighted by Gasteiger charge is -2.29. The molecule has 1 amide bonds. The maximum absolute atomic E-state index is 13.1. The van der Waals surface area contributed by atoms with E-state index in [2.05, 4.69) is 0 Å². The van der Waals surface area contributed by atoms with Crippen LogP contribution in [0.3, 0.4) is 0 Å². The molecule has 2 heterocycles. The van der Waals surface area contributed by atoms with E-state index in [4.69, 9.17) is 4.74 Å². The number of benzene rings is 2. The number of aliphatic hydroxyl groups excluding tert-OH is 1. The number of likely N-dealkylation sites (tertiary alicyclic amines) is 1. The van der Waals surface area contributed by atoms with Gasteiger partial charge in [0, 0.05) is 5.56 Å². The minimum Gasteiger partial charge on any atom is -0.507 e. The number of carbonyl (C=O) groups is 2. The van der Waals surface area contributed by atoms with Crippen LogP contribution in [0.1, 0.15) is 28.3 Å². The lowest BCUT2D eigenvalue weighted by atomic mass is 9.94. The van der Waals surface area contributed by atoms with Gasteiger partial charge in [0.1, 0.15) is 18.8 Å². The SMILES string of the molecule is Cc1ccc(C(O)=C2C(=O)C(=O)N(CC[NH+]3CCOCC3)[C@@H]2c2ccc(C)cc2)cc1. The van der Waals surface area contributed by atoms with Crippen molar-refractivity contribution < 1.29 is 24.3 Å². The maximum atomic E-state index is 13.1. The molecule has 1 atom stereocenters. The van der Waals surface area contributed by atoms with Gasteiger partial charge in [0.05, 0.1) is 37.9 Å². The van der Waals surface area contributed by atoms with Gasteiger partial charge in [0.25, 0.3) is 11.7 Å². The minimum absolute atomic E-state index is 0.120. The summed E-state index contributed by atoms with van der Waals surface area (Å²) in [5, 5.41) is 11.1. The molecule has 2 aromatic carbocycles. The van der Waals surface area contributed by atoms with Crippen molar-refractivity contribution in [2.45, 2.75) is 19.9 Å². The topological polar surface area (TPSA) is 71.3 Å². The number of Topliss-reactive ketones (excluding diaryl/α,β-unsaturated/α-hetero) is 1. The number of ketones is 1. The van der Waals surface area contributed by atoms with E-state index in [0.29, 0.717) is 25.3 Å². The van der Waals surface area contributed by atoms with Crippen LogP contribution in [0.15, 0.2) is 54.1 Å². The number of nitrogens with one attached hydrogen (secondary N) is 1. The number of quaternary nitrogens is 1. The number of hydrogen-bond acceptors (Lipinski definition) is 4. The number of rotatable bonds is 5. The van der Waals surface area contributed by atoms with Crippen LogP contribution >= 0.6 is 0 Å². The quantitative estimate of drug-likeness (QED) is 0.438. The molecule has 0 unspecified atom stereocenters. The lowest BCUT2D eigenvalue weighted by Crippen LogP contribution is -3.14. The molecule has 0 bridgehead atoms. The summed E-state index contributed by atoms with van der Waals surface area (Å²) in [5.41, 5.74) is 3.68. The average molecular weight is 422 g/mol. The molecule has 6 nitrogen and oxygen atoms in total. The van der Waals surface area contributed by atoms with E-state index in [1.54, 1.807) is 17.0 Å². The first-order valence-corrected chi connectivity index (χ1v) is 10.8.